The third-order valence-electron chi connectivity index (χ3n) is 3.18. The third kappa shape index (κ3) is 6.34. The Bertz CT molecular complexity index is 382. The average molecular weight is 329 g/mol. The van der Waals surface area contributed by atoms with Crippen molar-refractivity contribution in [3.8, 4) is 0 Å². The van der Waals surface area contributed by atoms with E-state index in [4.69, 9.17) is 0 Å². The number of rotatable bonds is 8. The van der Waals surface area contributed by atoms with Gasteiger partial charge >= 0.3 is 0 Å². The van der Waals surface area contributed by atoms with Gasteiger partial charge in [0.05, 0.1) is 0 Å². The minimum atomic E-state index is 0.623. The molecule has 0 aliphatic carbocycles. The van der Waals surface area contributed by atoms with Gasteiger partial charge in [0.15, 0.2) is 0 Å². The number of aryl methyl sites for hydroxylation is 1. The first-order chi connectivity index (χ1) is 9.02. The lowest BCUT2D eigenvalue weighted by atomic mass is 10.2. The Kier molecular flexibility index (Phi) is 7.31. The maximum Gasteiger partial charge on any atom is 0.131 e. The summed E-state index contributed by atoms with van der Waals surface area (Å²) in [7, 11) is 2.17. The van der Waals surface area contributed by atoms with Crippen molar-refractivity contribution in [1.29, 1.82) is 0 Å². The van der Waals surface area contributed by atoms with Gasteiger partial charge in [-0.2, -0.15) is 0 Å². The van der Waals surface area contributed by atoms with E-state index in [1.54, 1.807) is 0 Å². The maximum absolute atomic E-state index is 4.45. The number of nitrogens with zero attached hydrogens (tertiary/aromatic N) is 3. The largest absolute Gasteiger partial charge is 0.370 e. The molecule has 1 N–H and O–H groups in total. The van der Waals surface area contributed by atoms with Crippen molar-refractivity contribution in [2.24, 2.45) is 0 Å². The molecular weight excluding hydrogens is 304 g/mol. The molecule has 0 spiro atoms. The zero-order valence-electron chi connectivity index (χ0n) is 12.4. The van der Waals surface area contributed by atoms with Gasteiger partial charge in [-0.3, -0.25) is 0 Å². The van der Waals surface area contributed by atoms with Crippen LogP contribution >= 0.6 is 15.9 Å². The van der Waals surface area contributed by atoms with E-state index in [9.17, 15) is 0 Å². The minimum absolute atomic E-state index is 0.623. The summed E-state index contributed by atoms with van der Waals surface area (Å²) in [6.45, 7) is 8.62. The lowest BCUT2D eigenvalue weighted by molar-refractivity contribution is 0.269. The molecule has 0 bridgehead atoms. The van der Waals surface area contributed by atoms with E-state index in [1.165, 1.54) is 6.42 Å². The Morgan fingerprint density at radius 2 is 2.05 bits per heavy atom. The van der Waals surface area contributed by atoms with Crippen LogP contribution in [0.2, 0.25) is 0 Å². The van der Waals surface area contributed by atoms with E-state index < -0.39 is 0 Å². The molecule has 0 unspecified atom stereocenters. The predicted molar refractivity (Wildman–Crippen MR) is 84.6 cm³/mol. The van der Waals surface area contributed by atoms with Crippen molar-refractivity contribution in [3.05, 3.63) is 16.5 Å². The molecule has 0 fully saturated rings. The SMILES string of the molecule is CCc1nc(Br)cc(NCCCCN(C)C(C)C)n1. The molecule has 5 heteroatoms. The van der Waals surface area contributed by atoms with Crippen LogP contribution in [0.15, 0.2) is 10.7 Å². The molecule has 1 rings (SSSR count). The summed E-state index contributed by atoms with van der Waals surface area (Å²) in [6, 6.07) is 2.55. The van der Waals surface area contributed by atoms with Crippen LogP contribution in [-0.4, -0.2) is 41.0 Å². The van der Waals surface area contributed by atoms with Crippen molar-refractivity contribution in [2.45, 2.75) is 46.1 Å². The summed E-state index contributed by atoms with van der Waals surface area (Å²) in [5, 5.41) is 3.36. The minimum Gasteiger partial charge on any atom is -0.370 e. The first-order valence-corrected chi connectivity index (χ1v) is 7.79. The fourth-order valence-corrected chi connectivity index (χ4v) is 2.10. The van der Waals surface area contributed by atoms with E-state index in [2.05, 4.69) is 63.9 Å². The number of hydrogen-bond acceptors (Lipinski definition) is 4. The van der Waals surface area contributed by atoms with Gasteiger partial charge in [-0.15, -0.1) is 0 Å². The number of halogens is 1. The number of unbranched alkanes of at least 4 members (excludes halogenated alkanes) is 1. The smallest absolute Gasteiger partial charge is 0.131 e. The Hall–Kier alpha value is -0.680. The Balaban J connectivity index is 2.28. The van der Waals surface area contributed by atoms with Crippen molar-refractivity contribution in [1.82, 2.24) is 14.9 Å². The zero-order valence-corrected chi connectivity index (χ0v) is 14.0. The Labute approximate surface area is 125 Å². The molecule has 19 heavy (non-hydrogen) atoms. The number of aromatic nitrogens is 2. The molecule has 1 heterocycles. The summed E-state index contributed by atoms with van der Waals surface area (Å²) in [4.78, 5) is 11.1. The van der Waals surface area contributed by atoms with Crippen molar-refractivity contribution < 1.29 is 0 Å². The number of hydrogen-bond donors (Lipinski definition) is 1. The van der Waals surface area contributed by atoms with Gasteiger partial charge in [0.25, 0.3) is 0 Å². The van der Waals surface area contributed by atoms with E-state index in [0.717, 1.165) is 42.2 Å². The van der Waals surface area contributed by atoms with Crippen LogP contribution in [0.5, 0.6) is 0 Å². The van der Waals surface area contributed by atoms with Gasteiger partial charge in [0.1, 0.15) is 16.2 Å². The highest BCUT2D eigenvalue weighted by Gasteiger charge is 2.03. The third-order valence-corrected chi connectivity index (χ3v) is 3.59. The quantitative estimate of drug-likeness (QED) is 0.587. The summed E-state index contributed by atoms with van der Waals surface area (Å²) in [5.41, 5.74) is 0. The molecule has 0 aliphatic rings. The van der Waals surface area contributed by atoms with Crippen LogP contribution in [0.3, 0.4) is 0 Å². The molecule has 0 saturated heterocycles. The molecule has 4 nitrogen and oxygen atoms in total. The van der Waals surface area contributed by atoms with Gasteiger partial charge in [-0.25, -0.2) is 9.97 Å². The van der Waals surface area contributed by atoms with E-state index in [0.29, 0.717) is 6.04 Å². The molecule has 0 atom stereocenters. The fourth-order valence-electron chi connectivity index (χ4n) is 1.67. The monoisotopic (exact) mass is 328 g/mol. The maximum atomic E-state index is 4.45. The number of nitrogens with one attached hydrogen (secondary N) is 1. The molecule has 0 aromatic carbocycles. The predicted octanol–water partition coefficient (Wildman–Crippen LogP) is 3.33. The summed E-state index contributed by atoms with van der Waals surface area (Å²) >= 11 is 3.41. The topological polar surface area (TPSA) is 41.1 Å². The van der Waals surface area contributed by atoms with Crippen LogP contribution in [0, 0.1) is 0 Å². The van der Waals surface area contributed by atoms with Gasteiger partial charge in [-0.05, 0) is 56.2 Å². The normalized spacial score (nSPS) is 11.3. The lowest BCUT2D eigenvalue weighted by Gasteiger charge is -2.20. The fraction of sp³-hybridized carbons (Fsp3) is 0.714. The molecule has 0 radical (unpaired) electrons. The zero-order chi connectivity index (χ0) is 14.3. The van der Waals surface area contributed by atoms with Crippen LogP contribution in [0.25, 0.3) is 0 Å². The van der Waals surface area contributed by atoms with Gasteiger partial charge in [0.2, 0.25) is 0 Å². The van der Waals surface area contributed by atoms with E-state index in [1.807, 2.05) is 6.07 Å². The van der Waals surface area contributed by atoms with Gasteiger partial charge < -0.3 is 10.2 Å². The molecule has 1 aromatic rings. The molecule has 108 valence electrons. The highest BCUT2D eigenvalue weighted by Crippen LogP contribution is 2.12. The second-order valence-corrected chi connectivity index (χ2v) is 5.87. The van der Waals surface area contributed by atoms with Crippen molar-refractivity contribution in [2.75, 3.05) is 25.5 Å². The Morgan fingerprint density at radius 3 is 2.68 bits per heavy atom. The molecule has 0 saturated carbocycles. The van der Waals surface area contributed by atoms with Gasteiger partial charge in [-0.1, -0.05) is 6.92 Å². The van der Waals surface area contributed by atoms with E-state index >= 15 is 0 Å². The average Bonchev–Trinajstić information content (AvgIpc) is 2.37. The highest BCUT2D eigenvalue weighted by molar-refractivity contribution is 9.10. The van der Waals surface area contributed by atoms with Crippen LogP contribution < -0.4 is 5.32 Å². The van der Waals surface area contributed by atoms with Crippen LogP contribution in [0.4, 0.5) is 5.82 Å². The Morgan fingerprint density at radius 1 is 1.32 bits per heavy atom. The van der Waals surface area contributed by atoms with Crippen LogP contribution in [0.1, 0.15) is 39.4 Å². The summed E-state index contributed by atoms with van der Waals surface area (Å²) in [5.74, 6) is 1.78. The lowest BCUT2D eigenvalue weighted by Crippen LogP contribution is -2.27. The van der Waals surface area contributed by atoms with E-state index in [-0.39, 0.29) is 0 Å². The molecule has 1 aromatic heterocycles. The standard InChI is InChI=1S/C14H25BrN4/c1-5-13-17-12(15)10-14(18-13)16-8-6-7-9-19(4)11(2)3/h10-11H,5-9H2,1-4H3,(H,16,17,18). The van der Waals surface area contributed by atoms with Crippen molar-refractivity contribution >= 4 is 21.7 Å². The van der Waals surface area contributed by atoms with Gasteiger partial charge in [0, 0.05) is 25.1 Å². The summed E-state index contributed by atoms with van der Waals surface area (Å²) in [6.07, 6.45) is 3.21. The molecular formula is C14H25BrN4. The highest BCUT2D eigenvalue weighted by atomic mass is 79.9. The molecule has 0 amide bonds. The van der Waals surface area contributed by atoms with Crippen molar-refractivity contribution in [3.63, 3.8) is 0 Å². The molecule has 0 aliphatic heterocycles. The summed E-state index contributed by atoms with van der Waals surface area (Å²) < 4.78 is 0.849. The number of anilines is 1. The second-order valence-electron chi connectivity index (χ2n) is 5.05. The van der Waals surface area contributed by atoms with Crippen LogP contribution in [-0.2, 0) is 6.42 Å². The first kappa shape index (κ1) is 16.4. The first-order valence-electron chi connectivity index (χ1n) is 7.00. The second kappa shape index (κ2) is 8.48.